The second-order valence-electron chi connectivity index (χ2n) is 5.16. The van der Waals surface area contributed by atoms with Gasteiger partial charge in [0.1, 0.15) is 0 Å². The summed E-state index contributed by atoms with van der Waals surface area (Å²) in [5, 5.41) is 0. The zero-order valence-corrected chi connectivity index (χ0v) is 13.8. The molecule has 0 bridgehead atoms. The van der Waals surface area contributed by atoms with Gasteiger partial charge < -0.3 is 9.32 Å². The van der Waals surface area contributed by atoms with E-state index in [9.17, 15) is 4.79 Å². The Morgan fingerprint density at radius 2 is 1.82 bits per heavy atom. The predicted octanol–water partition coefficient (Wildman–Crippen LogP) is 4.71. The number of benzene rings is 2. The van der Waals surface area contributed by atoms with Crippen molar-refractivity contribution in [1.82, 2.24) is 0 Å². The van der Waals surface area contributed by atoms with Gasteiger partial charge in [0.15, 0.2) is 5.76 Å². The molecule has 0 atom stereocenters. The lowest BCUT2D eigenvalue weighted by Gasteiger charge is -2.28. The van der Waals surface area contributed by atoms with E-state index in [0.29, 0.717) is 6.54 Å². The number of halogens is 1. The van der Waals surface area contributed by atoms with Gasteiger partial charge in [0, 0.05) is 15.2 Å². The van der Waals surface area contributed by atoms with Gasteiger partial charge in [-0.25, -0.2) is 0 Å². The number of carbonyl (C=O) groups excluding carboxylic acids is 1. The van der Waals surface area contributed by atoms with Gasteiger partial charge in [0.2, 0.25) is 0 Å². The van der Waals surface area contributed by atoms with Crippen molar-refractivity contribution in [2.24, 2.45) is 0 Å². The molecular formula is C18H12INO2. The second-order valence-corrected chi connectivity index (χ2v) is 6.33. The molecule has 1 aromatic heterocycles. The van der Waals surface area contributed by atoms with Crippen molar-refractivity contribution in [3.8, 4) is 11.3 Å². The van der Waals surface area contributed by atoms with Crippen LogP contribution in [0.3, 0.4) is 0 Å². The van der Waals surface area contributed by atoms with Gasteiger partial charge in [-0.2, -0.15) is 0 Å². The van der Waals surface area contributed by atoms with Crippen LogP contribution in [0.25, 0.3) is 11.3 Å². The van der Waals surface area contributed by atoms with E-state index in [4.69, 9.17) is 4.42 Å². The molecule has 1 amide bonds. The average Bonchev–Trinajstić information content (AvgIpc) is 3.04. The standard InChI is InChI=1S/C18H12INO2/c19-15-8-4-3-7-14(15)18(21)20-11-12-5-1-2-6-13(12)17-16(20)9-10-22-17/h1-10H,11H2. The summed E-state index contributed by atoms with van der Waals surface area (Å²) in [4.78, 5) is 14.8. The third-order valence-electron chi connectivity index (χ3n) is 3.88. The molecule has 0 N–H and O–H groups in total. The van der Waals surface area contributed by atoms with Gasteiger partial charge in [0.25, 0.3) is 5.91 Å². The van der Waals surface area contributed by atoms with E-state index in [1.54, 1.807) is 11.2 Å². The Kier molecular flexibility index (Phi) is 3.26. The summed E-state index contributed by atoms with van der Waals surface area (Å²) in [5.41, 5.74) is 3.72. The van der Waals surface area contributed by atoms with Crippen molar-refractivity contribution in [3.63, 3.8) is 0 Å². The average molecular weight is 401 g/mol. The van der Waals surface area contributed by atoms with Crippen LogP contribution < -0.4 is 4.90 Å². The number of carbonyl (C=O) groups is 1. The first-order chi connectivity index (χ1) is 10.8. The number of furan rings is 1. The Hall–Kier alpha value is -2.08. The molecule has 3 aromatic rings. The molecule has 0 saturated heterocycles. The minimum atomic E-state index is 0.00199. The first-order valence-corrected chi connectivity index (χ1v) is 8.06. The Morgan fingerprint density at radius 1 is 1.05 bits per heavy atom. The van der Waals surface area contributed by atoms with Crippen LogP contribution in [0.5, 0.6) is 0 Å². The number of amides is 1. The highest BCUT2D eigenvalue weighted by Crippen LogP contribution is 2.40. The Balaban J connectivity index is 1.82. The number of hydrogen-bond acceptors (Lipinski definition) is 2. The molecule has 4 heteroatoms. The van der Waals surface area contributed by atoms with Crippen LogP contribution in [0, 0.1) is 3.57 Å². The van der Waals surface area contributed by atoms with Crippen molar-refractivity contribution in [2.45, 2.75) is 6.54 Å². The quantitative estimate of drug-likeness (QED) is 0.554. The minimum Gasteiger partial charge on any atom is -0.462 e. The van der Waals surface area contributed by atoms with Gasteiger partial charge in [-0.1, -0.05) is 36.4 Å². The predicted molar refractivity (Wildman–Crippen MR) is 93.8 cm³/mol. The Bertz CT molecular complexity index is 869. The molecule has 2 aromatic carbocycles. The van der Waals surface area contributed by atoms with E-state index < -0.39 is 0 Å². The fourth-order valence-electron chi connectivity index (χ4n) is 2.81. The summed E-state index contributed by atoms with van der Waals surface area (Å²) in [6, 6.07) is 17.6. The van der Waals surface area contributed by atoms with Gasteiger partial charge in [0.05, 0.1) is 24.1 Å². The Morgan fingerprint density at radius 3 is 2.68 bits per heavy atom. The van der Waals surface area contributed by atoms with Crippen LogP contribution in [-0.2, 0) is 6.54 Å². The van der Waals surface area contributed by atoms with Crippen molar-refractivity contribution in [3.05, 3.63) is 75.6 Å². The Labute approximate surface area is 141 Å². The van der Waals surface area contributed by atoms with E-state index in [2.05, 4.69) is 22.6 Å². The van der Waals surface area contributed by atoms with Crippen LogP contribution >= 0.6 is 22.6 Å². The maximum atomic E-state index is 13.0. The third-order valence-corrected chi connectivity index (χ3v) is 4.82. The van der Waals surface area contributed by atoms with Crippen molar-refractivity contribution in [2.75, 3.05) is 4.90 Å². The molecular weight excluding hydrogens is 389 g/mol. The largest absolute Gasteiger partial charge is 0.462 e. The van der Waals surface area contributed by atoms with E-state index in [-0.39, 0.29) is 5.91 Å². The van der Waals surface area contributed by atoms with Gasteiger partial charge >= 0.3 is 0 Å². The summed E-state index contributed by atoms with van der Waals surface area (Å²) in [7, 11) is 0. The van der Waals surface area contributed by atoms with Gasteiger partial charge in [-0.15, -0.1) is 0 Å². The molecule has 1 aliphatic heterocycles. The van der Waals surface area contributed by atoms with Crippen LogP contribution in [0.15, 0.2) is 65.3 Å². The van der Waals surface area contributed by atoms with Gasteiger partial charge in [-0.3, -0.25) is 4.79 Å². The molecule has 2 heterocycles. The molecule has 0 saturated carbocycles. The second kappa shape index (κ2) is 5.28. The van der Waals surface area contributed by atoms with Crippen LogP contribution in [-0.4, -0.2) is 5.91 Å². The zero-order chi connectivity index (χ0) is 15.1. The minimum absolute atomic E-state index is 0.00199. The highest BCUT2D eigenvalue weighted by molar-refractivity contribution is 14.1. The maximum Gasteiger partial charge on any atom is 0.259 e. The molecule has 0 aliphatic carbocycles. The van der Waals surface area contributed by atoms with Crippen LogP contribution in [0.4, 0.5) is 5.69 Å². The lowest BCUT2D eigenvalue weighted by atomic mass is 9.99. The fourth-order valence-corrected chi connectivity index (χ4v) is 3.43. The smallest absolute Gasteiger partial charge is 0.259 e. The monoisotopic (exact) mass is 401 g/mol. The molecule has 0 spiro atoms. The summed E-state index contributed by atoms with van der Waals surface area (Å²) < 4.78 is 6.59. The summed E-state index contributed by atoms with van der Waals surface area (Å²) in [6.07, 6.45) is 1.64. The lowest BCUT2D eigenvalue weighted by Crippen LogP contribution is -2.33. The number of fused-ring (bicyclic) bond motifs is 3. The summed E-state index contributed by atoms with van der Waals surface area (Å²) >= 11 is 2.20. The van der Waals surface area contributed by atoms with E-state index in [1.165, 1.54) is 0 Å². The highest BCUT2D eigenvalue weighted by Gasteiger charge is 2.29. The van der Waals surface area contributed by atoms with E-state index in [0.717, 1.165) is 31.7 Å². The lowest BCUT2D eigenvalue weighted by molar-refractivity contribution is 0.0984. The molecule has 3 nitrogen and oxygen atoms in total. The van der Waals surface area contributed by atoms with Crippen LogP contribution in [0.1, 0.15) is 15.9 Å². The highest BCUT2D eigenvalue weighted by atomic mass is 127. The zero-order valence-electron chi connectivity index (χ0n) is 11.6. The number of nitrogens with zero attached hydrogens (tertiary/aromatic N) is 1. The topological polar surface area (TPSA) is 33.5 Å². The molecule has 0 fully saturated rings. The fraction of sp³-hybridized carbons (Fsp3) is 0.0556. The summed E-state index contributed by atoms with van der Waals surface area (Å²) in [6.45, 7) is 0.562. The van der Waals surface area contributed by atoms with E-state index >= 15 is 0 Å². The first kappa shape index (κ1) is 13.6. The SMILES string of the molecule is O=C(c1ccccc1I)N1Cc2ccccc2-c2occc21. The molecule has 0 radical (unpaired) electrons. The van der Waals surface area contributed by atoms with Crippen molar-refractivity contribution >= 4 is 34.2 Å². The normalized spacial score (nSPS) is 12.7. The van der Waals surface area contributed by atoms with Crippen molar-refractivity contribution < 1.29 is 9.21 Å². The summed E-state index contributed by atoms with van der Waals surface area (Å²) in [5.74, 6) is 0.767. The van der Waals surface area contributed by atoms with E-state index in [1.807, 2.05) is 54.6 Å². The molecule has 108 valence electrons. The molecule has 1 aliphatic rings. The number of anilines is 1. The van der Waals surface area contributed by atoms with Gasteiger partial charge in [-0.05, 0) is 40.3 Å². The third kappa shape index (κ3) is 2.06. The molecule has 22 heavy (non-hydrogen) atoms. The maximum absolute atomic E-state index is 13.0. The molecule has 0 unspecified atom stereocenters. The number of rotatable bonds is 1. The molecule has 4 rings (SSSR count). The van der Waals surface area contributed by atoms with Crippen molar-refractivity contribution in [1.29, 1.82) is 0 Å². The number of hydrogen-bond donors (Lipinski definition) is 0. The van der Waals surface area contributed by atoms with Crippen LogP contribution in [0.2, 0.25) is 0 Å². The first-order valence-electron chi connectivity index (χ1n) is 6.98.